The highest BCUT2D eigenvalue weighted by molar-refractivity contribution is 8.18. The maximum absolute atomic E-state index is 12.8. The summed E-state index contributed by atoms with van der Waals surface area (Å²) in [6.07, 6.45) is 1.66. The van der Waals surface area contributed by atoms with Crippen molar-refractivity contribution >= 4 is 40.6 Å². The summed E-state index contributed by atoms with van der Waals surface area (Å²) in [6.45, 7) is 2.07. The number of carbonyl (C=O) groups excluding carboxylic acids is 3. The van der Waals surface area contributed by atoms with Crippen molar-refractivity contribution in [2.75, 3.05) is 11.9 Å². The van der Waals surface area contributed by atoms with Crippen molar-refractivity contribution in [3.05, 3.63) is 100 Å². The van der Waals surface area contributed by atoms with Crippen LogP contribution in [0.3, 0.4) is 0 Å². The van der Waals surface area contributed by atoms with E-state index in [-0.39, 0.29) is 30.2 Å². The number of benzene rings is 3. The van der Waals surface area contributed by atoms with Crippen LogP contribution in [0.2, 0.25) is 0 Å². The van der Waals surface area contributed by atoms with Gasteiger partial charge in [-0.2, -0.15) is 0 Å². The molecule has 166 valence electrons. The van der Waals surface area contributed by atoms with E-state index in [2.05, 4.69) is 5.32 Å². The Morgan fingerprint density at radius 3 is 2.52 bits per heavy atom. The van der Waals surface area contributed by atoms with Crippen molar-refractivity contribution in [1.82, 2.24) is 4.90 Å². The molecule has 1 fully saturated rings. The van der Waals surface area contributed by atoms with Crippen LogP contribution in [-0.4, -0.2) is 28.6 Å². The van der Waals surface area contributed by atoms with Crippen LogP contribution in [0.1, 0.15) is 16.7 Å². The minimum Gasteiger partial charge on any atom is -0.484 e. The highest BCUT2D eigenvalue weighted by Gasteiger charge is 2.34. The fourth-order valence-corrected chi connectivity index (χ4v) is 4.07. The molecule has 1 N–H and O–H groups in total. The lowest BCUT2D eigenvalue weighted by Gasteiger charge is -2.12. The molecule has 1 saturated heterocycles. The van der Waals surface area contributed by atoms with Crippen molar-refractivity contribution in [1.29, 1.82) is 0 Å². The summed E-state index contributed by atoms with van der Waals surface area (Å²) in [5.41, 5.74) is 3.41. The fraction of sp³-hybridized carbons (Fsp3) is 0.115. The first-order valence-corrected chi connectivity index (χ1v) is 11.2. The lowest BCUT2D eigenvalue weighted by molar-refractivity contribution is -0.123. The van der Waals surface area contributed by atoms with Crippen LogP contribution >= 0.6 is 11.8 Å². The number of nitrogens with zero attached hydrogens (tertiary/aromatic N) is 1. The van der Waals surface area contributed by atoms with Crippen LogP contribution in [0, 0.1) is 6.92 Å². The number of ether oxygens (including phenoxy) is 1. The lowest BCUT2D eigenvalue weighted by atomic mass is 10.2. The molecular weight excluding hydrogens is 436 g/mol. The third-order valence-electron chi connectivity index (χ3n) is 4.92. The van der Waals surface area contributed by atoms with Crippen LogP contribution < -0.4 is 10.1 Å². The third kappa shape index (κ3) is 5.90. The van der Waals surface area contributed by atoms with Gasteiger partial charge in [0.1, 0.15) is 5.75 Å². The molecule has 0 aliphatic carbocycles. The van der Waals surface area contributed by atoms with Gasteiger partial charge >= 0.3 is 0 Å². The Hall–Kier alpha value is -3.84. The van der Waals surface area contributed by atoms with Gasteiger partial charge in [0, 0.05) is 5.69 Å². The second-order valence-electron chi connectivity index (χ2n) is 7.53. The summed E-state index contributed by atoms with van der Waals surface area (Å²) in [4.78, 5) is 38.9. The summed E-state index contributed by atoms with van der Waals surface area (Å²) >= 11 is 0.916. The van der Waals surface area contributed by atoms with Gasteiger partial charge in [0.25, 0.3) is 17.1 Å². The Morgan fingerprint density at radius 2 is 1.76 bits per heavy atom. The number of aryl methyl sites for hydroxylation is 1. The number of hydrogen-bond donors (Lipinski definition) is 1. The first-order chi connectivity index (χ1) is 16.0. The van der Waals surface area contributed by atoms with E-state index in [4.69, 9.17) is 4.74 Å². The second-order valence-corrected chi connectivity index (χ2v) is 8.52. The molecule has 1 aliphatic rings. The van der Waals surface area contributed by atoms with Crippen LogP contribution in [0.15, 0.2) is 83.8 Å². The van der Waals surface area contributed by atoms with Gasteiger partial charge in [-0.15, -0.1) is 0 Å². The standard InChI is InChI=1S/C26H22N2O4S/c1-18-10-12-21(13-11-18)27-24(29)17-32-22-9-5-8-20(14-22)15-23-25(30)28(26(31)33-23)16-19-6-3-2-4-7-19/h2-15H,16-17H2,1H3,(H,27,29)/b23-15-. The van der Waals surface area contributed by atoms with E-state index < -0.39 is 0 Å². The Labute approximate surface area is 196 Å². The summed E-state index contributed by atoms with van der Waals surface area (Å²) in [5, 5.41) is 2.49. The fourth-order valence-electron chi connectivity index (χ4n) is 3.23. The highest BCUT2D eigenvalue weighted by atomic mass is 32.2. The van der Waals surface area contributed by atoms with Gasteiger partial charge in [-0.3, -0.25) is 19.3 Å². The number of anilines is 1. The molecule has 33 heavy (non-hydrogen) atoms. The van der Waals surface area contributed by atoms with Crippen molar-refractivity contribution in [2.24, 2.45) is 0 Å². The molecule has 0 bridgehead atoms. The van der Waals surface area contributed by atoms with E-state index in [0.29, 0.717) is 21.9 Å². The zero-order valence-corrected chi connectivity index (χ0v) is 18.8. The Bertz CT molecular complexity index is 1210. The number of imide groups is 1. The van der Waals surface area contributed by atoms with Gasteiger partial charge in [-0.05, 0) is 60.2 Å². The van der Waals surface area contributed by atoms with Crippen LogP contribution in [0.5, 0.6) is 5.75 Å². The van der Waals surface area contributed by atoms with E-state index in [1.807, 2.05) is 67.6 Å². The molecule has 7 heteroatoms. The molecule has 0 unspecified atom stereocenters. The maximum Gasteiger partial charge on any atom is 0.293 e. The lowest BCUT2D eigenvalue weighted by Crippen LogP contribution is -2.27. The molecule has 3 amide bonds. The Balaban J connectivity index is 1.38. The monoisotopic (exact) mass is 458 g/mol. The number of nitrogens with one attached hydrogen (secondary N) is 1. The minimum atomic E-state index is -0.322. The Kier molecular flexibility index (Phi) is 6.90. The number of thioether (sulfide) groups is 1. The molecule has 0 saturated carbocycles. The SMILES string of the molecule is Cc1ccc(NC(=O)COc2cccc(/C=C3\SC(=O)N(Cc4ccccc4)C3=O)c2)cc1. The van der Waals surface area contributed by atoms with Crippen molar-refractivity contribution in [3.63, 3.8) is 0 Å². The highest BCUT2D eigenvalue weighted by Crippen LogP contribution is 2.33. The van der Waals surface area contributed by atoms with E-state index in [1.54, 1.807) is 24.3 Å². The quantitative estimate of drug-likeness (QED) is 0.490. The average molecular weight is 459 g/mol. The van der Waals surface area contributed by atoms with E-state index in [0.717, 1.165) is 22.9 Å². The minimum absolute atomic E-state index is 0.148. The van der Waals surface area contributed by atoms with Crippen molar-refractivity contribution in [2.45, 2.75) is 13.5 Å². The van der Waals surface area contributed by atoms with Gasteiger partial charge in [0.15, 0.2) is 6.61 Å². The van der Waals surface area contributed by atoms with Gasteiger partial charge in [0.2, 0.25) is 0 Å². The molecule has 1 aliphatic heterocycles. The summed E-state index contributed by atoms with van der Waals surface area (Å²) < 4.78 is 5.61. The van der Waals surface area contributed by atoms with Crippen LogP contribution in [0.25, 0.3) is 6.08 Å². The molecule has 4 rings (SSSR count). The molecule has 0 atom stereocenters. The normalized spacial score (nSPS) is 14.6. The number of hydrogen-bond acceptors (Lipinski definition) is 5. The molecule has 0 aromatic heterocycles. The molecule has 0 spiro atoms. The smallest absolute Gasteiger partial charge is 0.293 e. The van der Waals surface area contributed by atoms with E-state index >= 15 is 0 Å². The van der Waals surface area contributed by atoms with Crippen LogP contribution in [-0.2, 0) is 16.1 Å². The first-order valence-electron chi connectivity index (χ1n) is 10.4. The van der Waals surface area contributed by atoms with E-state index in [1.165, 1.54) is 4.90 Å². The van der Waals surface area contributed by atoms with Crippen LogP contribution in [0.4, 0.5) is 10.5 Å². The molecule has 1 heterocycles. The summed E-state index contributed by atoms with van der Waals surface area (Å²) in [7, 11) is 0. The average Bonchev–Trinajstić information content (AvgIpc) is 3.07. The molecular formula is C26H22N2O4S. The van der Waals surface area contributed by atoms with Gasteiger partial charge in [-0.25, -0.2) is 0 Å². The molecule has 6 nitrogen and oxygen atoms in total. The zero-order chi connectivity index (χ0) is 23.2. The maximum atomic E-state index is 12.8. The van der Waals surface area contributed by atoms with Gasteiger partial charge in [0.05, 0.1) is 11.4 Å². The molecule has 3 aromatic carbocycles. The van der Waals surface area contributed by atoms with E-state index in [9.17, 15) is 14.4 Å². The van der Waals surface area contributed by atoms with Gasteiger partial charge < -0.3 is 10.1 Å². The second kappa shape index (κ2) is 10.2. The topological polar surface area (TPSA) is 75.7 Å². The first kappa shape index (κ1) is 22.4. The van der Waals surface area contributed by atoms with Gasteiger partial charge in [-0.1, -0.05) is 60.2 Å². The number of rotatable bonds is 7. The number of carbonyl (C=O) groups is 3. The Morgan fingerprint density at radius 1 is 1.00 bits per heavy atom. The third-order valence-corrected chi connectivity index (χ3v) is 5.83. The van der Waals surface area contributed by atoms with Crippen molar-refractivity contribution in [3.8, 4) is 5.75 Å². The zero-order valence-electron chi connectivity index (χ0n) is 18.0. The predicted octanol–water partition coefficient (Wildman–Crippen LogP) is 5.25. The van der Waals surface area contributed by atoms with Crippen molar-refractivity contribution < 1.29 is 19.1 Å². The molecule has 0 radical (unpaired) electrons. The molecule has 3 aromatic rings. The summed E-state index contributed by atoms with van der Waals surface area (Å²) in [6, 6.07) is 23.9. The summed E-state index contributed by atoms with van der Waals surface area (Å²) in [5.74, 6) is -0.102. The number of amides is 3. The largest absolute Gasteiger partial charge is 0.484 e. The predicted molar refractivity (Wildman–Crippen MR) is 130 cm³/mol.